The summed E-state index contributed by atoms with van der Waals surface area (Å²) in [5.74, 6) is 2.79. The predicted octanol–water partition coefficient (Wildman–Crippen LogP) is 1.45. The summed E-state index contributed by atoms with van der Waals surface area (Å²) in [6, 6.07) is 0. The average Bonchev–Trinajstić information content (AvgIpc) is 2.86. The minimum Gasteiger partial charge on any atom is -0.258 e. The summed E-state index contributed by atoms with van der Waals surface area (Å²) in [5.41, 5.74) is 1.82. The predicted molar refractivity (Wildman–Crippen MR) is 46.5 cm³/mol. The Hall–Kier alpha value is -1.36. The Kier molecular flexibility index (Phi) is 1.41. The molecule has 60 valence electrons. The molecule has 0 unspecified atom stereocenters. The second-order valence-electron chi connectivity index (χ2n) is 3.27. The second-order valence-corrected chi connectivity index (χ2v) is 3.27. The maximum absolute atomic E-state index is 5.42. The fourth-order valence-corrected chi connectivity index (χ4v) is 1.24. The summed E-state index contributed by atoms with van der Waals surface area (Å²) >= 11 is 0. The Morgan fingerprint density at radius 3 is 2.58 bits per heavy atom. The molecule has 0 aromatic carbocycles. The van der Waals surface area contributed by atoms with Crippen LogP contribution in [0.1, 0.15) is 24.2 Å². The number of hydrogen-bond donors (Lipinski definition) is 0. The lowest BCUT2D eigenvalue weighted by Crippen LogP contribution is -2.06. The number of aryl methyl sites for hydroxylation is 1. The quantitative estimate of drug-likeness (QED) is 0.578. The monoisotopic (exact) mass is 158 g/mol. The van der Waals surface area contributed by atoms with Gasteiger partial charge in [0, 0.05) is 6.20 Å². The van der Waals surface area contributed by atoms with E-state index in [0.717, 1.165) is 24.2 Å². The van der Waals surface area contributed by atoms with Crippen LogP contribution in [0.15, 0.2) is 12.4 Å². The third kappa shape index (κ3) is 0.984. The van der Waals surface area contributed by atoms with Gasteiger partial charge in [-0.15, -0.1) is 6.42 Å². The summed E-state index contributed by atoms with van der Waals surface area (Å²) in [5, 5.41) is 0. The van der Waals surface area contributed by atoms with Gasteiger partial charge in [0.15, 0.2) is 0 Å². The van der Waals surface area contributed by atoms with E-state index in [1.165, 1.54) is 0 Å². The molecule has 0 aliphatic heterocycles. The Morgan fingerprint density at radius 1 is 1.42 bits per heavy atom. The lowest BCUT2D eigenvalue weighted by Gasteiger charge is -2.04. The van der Waals surface area contributed by atoms with Crippen molar-refractivity contribution in [2.75, 3.05) is 0 Å². The molecule has 1 aliphatic carbocycles. The zero-order valence-electron chi connectivity index (χ0n) is 7.04. The molecular weight excluding hydrogens is 148 g/mol. The molecule has 0 radical (unpaired) electrons. The van der Waals surface area contributed by atoms with Crippen molar-refractivity contribution in [2.45, 2.75) is 25.2 Å². The van der Waals surface area contributed by atoms with Crippen LogP contribution < -0.4 is 0 Å². The van der Waals surface area contributed by atoms with Crippen molar-refractivity contribution >= 4 is 0 Å². The van der Waals surface area contributed by atoms with E-state index in [9.17, 15) is 0 Å². The van der Waals surface area contributed by atoms with Gasteiger partial charge in [-0.25, -0.2) is 0 Å². The Bertz CT molecular complexity index is 328. The van der Waals surface area contributed by atoms with Gasteiger partial charge in [0.25, 0.3) is 0 Å². The molecule has 0 spiro atoms. The fraction of sp³-hybridized carbons (Fsp3) is 0.400. The van der Waals surface area contributed by atoms with Gasteiger partial charge in [-0.3, -0.25) is 9.97 Å². The van der Waals surface area contributed by atoms with Crippen molar-refractivity contribution in [2.24, 2.45) is 0 Å². The van der Waals surface area contributed by atoms with Crippen LogP contribution in [0.5, 0.6) is 0 Å². The molecule has 1 aliphatic rings. The highest BCUT2D eigenvalue weighted by Gasteiger charge is 2.44. The van der Waals surface area contributed by atoms with E-state index in [0.29, 0.717) is 0 Å². The Labute approximate surface area is 72.1 Å². The van der Waals surface area contributed by atoms with Gasteiger partial charge in [-0.2, -0.15) is 0 Å². The molecule has 1 aromatic rings. The zero-order valence-corrected chi connectivity index (χ0v) is 7.04. The molecular formula is C10H10N2. The van der Waals surface area contributed by atoms with E-state index in [4.69, 9.17) is 6.42 Å². The fourth-order valence-electron chi connectivity index (χ4n) is 1.24. The van der Waals surface area contributed by atoms with Crippen molar-refractivity contribution in [3.63, 3.8) is 0 Å². The molecule has 0 atom stereocenters. The van der Waals surface area contributed by atoms with Crippen molar-refractivity contribution in [3.8, 4) is 12.3 Å². The molecule has 1 heterocycles. The van der Waals surface area contributed by atoms with Crippen LogP contribution >= 0.6 is 0 Å². The maximum Gasteiger partial charge on any atom is 0.0767 e. The lowest BCUT2D eigenvalue weighted by molar-refractivity contribution is 0.848. The highest BCUT2D eigenvalue weighted by molar-refractivity contribution is 5.34. The number of aromatic nitrogens is 2. The minimum atomic E-state index is -0.0688. The van der Waals surface area contributed by atoms with E-state index >= 15 is 0 Å². The van der Waals surface area contributed by atoms with Gasteiger partial charge in [0.2, 0.25) is 0 Å². The van der Waals surface area contributed by atoms with Crippen LogP contribution in [0.3, 0.4) is 0 Å². The largest absolute Gasteiger partial charge is 0.258 e. The number of rotatable bonds is 1. The van der Waals surface area contributed by atoms with Crippen LogP contribution in [0.4, 0.5) is 0 Å². The van der Waals surface area contributed by atoms with Crippen LogP contribution in [0, 0.1) is 19.3 Å². The van der Waals surface area contributed by atoms with Gasteiger partial charge in [0.1, 0.15) is 0 Å². The van der Waals surface area contributed by atoms with Gasteiger partial charge in [-0.05, 0) is 19.8 Å². The third-order valence-electron chi connectivity index (χ3n) is 2.30. The van der Waals surface area contributed by atoms with E-state index in [2.05, 4.69) is 15.9 Å². The van der Waals surface area contributed by atoms with Crippen LogP contribution in [0.25, 0.3) is 0 Å². The van der Waals surface area contributed by atoms with Gasteiger partial charge in [-0.1, -0.05) is 5.92 Å². The summed E-state index contributed by atoms with van der Waals surface area (Å²) in [6.45, 7) is 1.92. The smallest absolute Gasteiger partial charge is 0.0767 e. The first-order valence-corrected chi connectivity index (χ1v) is 4.04. The van der Waals surface area contributed by atoms with E-state index in [-0.39, 0.29) is 5.41 Å². The van der Waals surface area contributed by atoms with Crippen molar-refractivity contribution in [1.82, 2.24) is 9.97 Å². The van der Waals surface area contributed by atoms with Crippen molar-refractivity contribution < 1.29 is 0 Å². The van der Waals surface area contributed by atoms with Gasteiger partial charge >= 0.3 is 0 Å². The van der Waals surface area contributed by atoms with E-state index in [1.54, 1.807) is 12.4 Å². The Balaban J connectivity index is 2.37. The van der Waals surface area contributed by atoms with Crippen molar-refractivity contribution in [1.29, 1.82) is 0 Å². The van der Waals surface area contributed by atoms with Gasteiger partial charge in [0.05, 0.1) is 23.0 Å². The van der Waals surface area contributed by atoms with Gasteiger partial charge < -0.3 is 0 Å². The third-order valence-corrected chi connectivity index (χ3v) is 2.30. The number of hydrogen-bond acceptors (Lipinski definition) is 2. The minimum absolute atomic E-state index is 0.0688. The molecule has 1 saturated carbocycles. The normalized spacial score (nSPS) is 18.3. The maximum atomic E-state index is 5.42. The molecule has 12 heavy (non-hydrogen) atoms. The summed E-state index contributed by atoms with van der Waals surface area (Å²) < 4.78 is 0. The summed E-state index contributed by atoms with van der Waals surface area (Å²) in [6.07, 6.45) is 11.1. The zero-order chi connectivity index (χ0) is 8.60. The number of nitrogens with zero attached hydrogens (tertiary/aromatic N) is 2. The first-order valence-electron chi connectivity index (χ1n) is 4.04. The molecule has 2 nitrogen and oxygen atoms in total. The molecule has 0 saturated heterocycles. The van der Waals surface area contributed by atoms with Crippen LogP contribution in [-0.2, 0) is 5.41 Å². The molecule has 2 heteroatoms. The van der Waals surface area contributed by atoms with E-state index < -0.39 is 0 Å². The van der Waals surface area contributed by atoms with E-state index in [1.807, 2.05) is 6.92 Å². The SMILES string of the molecule is C#CC1(c2cnc(C)cn2)CC1. The standard InChI is InChI=1S/C10H10N2/c1-3-10(4-5-10)9-7-11-8(2)6-12-9/h1,6-7H,4-5H2,2H3. The molecule has 1 aromatic heterocycles. The summed E-state index contributed by atoms with van der Waals surface area (Å²) in [7, 11) is 0. The average molecular weight is 158 g/mol. The molecule has 1 fully saturated rings. The van der Waals surface area contributed by atoms with Crippen molar-refractivity contribution in [3.05, 3.63) is 23.8 Å². The highest BCUT2D eigenvalue weighted by atomic mass is 14.8. The molecule has 0 bridgehead atoms. The highest BCUT2D eigenvalue weighted by Crippen LogP contribution is 2.46. The molecule has 2 rings (SSSR count). The first-order chi connectivity index (χ1) is 5.77. The summed E-state index contributed by atoms with van der Waals surface area (Å²) in [4.78, 5) is 8.45. The van der Waals surface area contributed by atoms with Crippen LogP contribution in [0.2, 0.25) is 0 Å². The topological polar surface area (TPSA) is 25.8 Å². The van der Waals surface area contributed by atoms with Crippen LogP contribution in [-0.4, -0.2) is 9.97 Å². The second kappa shape index (κ2) is 2.31. The number of terminal acetylenes is 1. The lowest BCUT2D eigenvalue weighted by atomic mass is 10.1. The molecule has 0 N–H and O–H groups in total. The Morgan fingerprint density at radius 2 is 2.17 bits per heavy atom. The first kappa shape index (κ1) is 7.30. The molecule has 0 amide bonds.